The molecule has 2 aromatic rings. The van der Waals surface area contributed by atoms with Gasteiger partial charge in [0.2, 0.25) is 0 Å². The second kappa shape index (κ2) is 5.02. The molecule has 0 spiro atoms. The van der Waals surface area contributed by atoms with Gasteiger partial charge in [-0.25, -0.2) is 9.97 Å². The van der Waals surface area contributed by atoms with Crippen LogP contribution in [-0.4, -0.2) is 48.7 Å². The molecule has 0 saturated heterocycles. The van der Waals surface area contributed by atoms with E-state index >= 15 is 0 Å². The summed E-state index contributed by atoms with van der Waals surface area (Å²) in [6, 6.07) is 1.24. The predicted molar refractivity (Wildman–Crippen MR) is 73.2 cm³/mol. The van der Waals surface area contributed by atoms with Gasteiger partial charge in [0, 0.05) is 18.0 Å². The van der Waals surface area contributed by atoms with E-state index < -0.39 is 18.2 Å². The summed E-state index contributed by atoms with van der Waals surface area (Å²) < 4.78 is 1.71. The Kier molecular flexibility index (Phi) is 3.35. The highest BCUT2D eigenvalue weighted by Crippen LogP contribution is 2.32. The Balaban J connectivity index is 2.10. The number of rotatable bonds is 3. The van der Waals surface area contributed by atoms with E-state index in [-0.39, 0.29) is 6.61 Å². The normalized spacial score (nSPS) is 26.0. The number of halogens is 1. The number of aromatic nitrogens is 3. The lowest BCUT2D eigenvalue weighted by Gasteiger charge is -2.19. The number of aliphatic hydroxyl groups is 3. The van der Waals surface area contributed by atoms with Crippen molar-refractivity contribution >= 4 is 28.6 Å². The van der Waals surface area contributed by atoms with Crippen LogP contribution in [0.5, 0.6) is 0 Å². The van der Waals surface area contributed by atoms with Crippen LogP contribution in [0.3, 0.4) is 0 Å². The summed E-state index contributed by atoms with van der Waals surface area (Å²) in [5, 5.41) is 29.1. The van der Waals surface area contributed by atoms with Crippen LogP contribution in [0.1, 0.15) is 6.04 Å². The third-order valence-corrected chi connectivity index (χ3v) is 3.70. The topological polar surface area (TPSA) is 103 Å². The summed E-state index contributed by atoms with van der Waals surface area (Å²) in [4.78, 5) is 10.7. The van der Waals surface area contributed by atoms with Crippen molar-refractivity contribution in [2.24, 2.45) is 0 Å². The Hall–Kier alpha value is -1.67. The lowest BCUT2D eigenvalue weighted by atomic mass is 10.1. The maximum Gasteiger partial charge on any atom is 0.168 e. The molecular weight excluding hydrogens is 284 g/mol. The summed E-state index contributed by atoms with van der Waals surface area (Å²) in [6.45, 7) is -0.294. The fourth-order valence-corrected chi connectivity index (χ4v) is 2.62. The lowest BCUT2D eigenvalue weighted by Crippen LogP contribution is -2.29. The zero-order valence-corrected chi connectivity index (χ0v) is 11.1. The molecule has 3 atom stereocenters. The van der Waals surface area contributed by atoms with E-state index in [1.165, 1.54) is 0 Å². The highest BCUT2D eigenvalue weighted by molar-refractivity contribution is 6.25. The standard InChI is InChI=1S/C12H13ClN4O3/c13-16-12-9-7(1-2-14-12)17(5-15-9)8-3-6(4-18)10(19)11(8)20/h1-3,5,8,10-11,18-20H,4H2,(H,14,16). The van der Waals surface area contributed by atoms with Crippen molar-refractivity contribution in [3.63, 3.8) is 0 Å². The van der Waals surface area contributed by atoms with E-state index in [1.54, 1.807) is 29.2 Å². The molecular formula is C12H13ClN4O3. The van der Waals surface area contributed by atoms with Crippen LogP contribution in [0.2, 0.25) is 0 Å². The van der Waals surface area contributed by atoms with Crippen molar-refractivity contribution < 1.29 is 15.3 Å². The van der Waals surface area contributed by atoms with Crippen LogP contribution in [0.15, 0.2) is 30.2 Å². The third-order valence-electron chi connectivity index (χ3n) is 3.52. The first kappa shape index (κ1) is 13.3. The maximum atomic E-state index is 10.1. The second-order valence-electron chi connectivity index (χ2n) is 4.60. The minimum atomic E-state index is -1.07. The van der Waals surface area contributed by atoms with Gasteiger partial charge in [0.1, 0.15) is 17.7 Å². The second-order valence-corrected chi connectivity index (χ2v) is 4.79. The molecule has 3 rings (SSSR count). The molecule has 106 valence electrons. The molecule has 2 heterocycles. The lowest BCUT2D eigenvalue weighted by molar-refractivity contribution is 0.0288. The summed E-state index contributed by atoms with van der Waals surface area (Å²) in [7, 11) is 0. The Morgan fingerprint density at radius 2 is 2.15 bits per heavy atom. The number of pyridine rings is 1. The van der Waals surface area contributed by atoms with Crippen LogP contribution in [0.4, 0.5) is 5.82 Å². The zero-order chi connectivity index (χ0) is 14.3. The van der Waals surface area contributed by atoms with Crippen molar-refractivity contribution in [2.45, 2.75) is 18.2 Å². The zero-order valence-electron chi connectivity index (χ0n) is 10.3. The first-order valence-corrected chi connectivity index (χ1v) is 6.41. The first-order chi connectivity index (χ1) is 9.67. The molecule has 0 bridgehead atoms. The quantitative estimate of drug-likeness (QED) is 0.476. The molecule has 20 heavy (non-hydrogen) atoms. The first-order valence-electron chi connectivity index (χ1n) is 6.03. The van der Waals surface area contributed by atoms with Crippen LogP contribution in [-0.2, 0) is 0 Å². The molecule has 1 aliphatic rings. The average Bonchev–Trinajstić information content (AvgIpc) is 3.01. The molecule has 0 aromatic carbocycles. The Morgan fingerprint density at radius 3 is 2.80 bits per heavy atom. The minimum absolute atomic E-state index is 0.294. The number of nitrogens with one attached hydrogen (secondary N) is 1. The van der Waals surface area contributed by atoms with Crippen LogP contribution in [0.25, 0.3) is 11.0 Å². The minimum Gasteiger partial charge on any atom is -0.392 e. The number of anilines is 1. The molecule has 0 amide bonds. The van der Waals surface area contributed by atoms with Gasteiger partial charge < -0.3 is 19.9 Å². The molecule has 7 nitrogen and oxygen atoms in total. The highest BCUT2D eigenvalue weighted by atomic mass is 35.5. The van der Waals surface area contributed by atoms with Gasteiger partial charge in [-0.2, -0.15) is 0 Å². The van der Waals surface area contributed by atoms with Crippen LogP contribution >= 0.6 is 11.8 Å². The van der Waals surface area contributed by atoms with E-state index in [0.717, 1.165) is 5.52 Å². The monoisotopic (exact) mass is 296 g/mol. The van der Waals surface area contributed by atoms with Gasteiger partial charge in [0.15, 0.2) is 5.82 Å². The fraction of sp³-hybridized carbons (Fsp3) is 0.333. The van der Waals surface area contributed by atoms with E-state index in [2.05, 4.69) is 14.8 Å². The van der Waals surface area contributed by atoms with Gasteiger partial charge in [-0.1, -0.05) is 6.08 Å². The van der Waals surface area contributed by atoms with Crippen LogP contribution < -0.4 is 4.84 Å². The molecule has 4 N–H and O–H groups in total. The van der Waals surface area contributed by atoms with Crippen molar-refractivity contribution in [3.8, 4) is 0 Å². The maximum absolute atomic E-state index is 10.1. The van der Waals surface area contributed by atoms with Gasteiger partial charge in [-0.3, -0.25) is 4.84 Å². The number of imidazole rings is 1. The van der Waals surface area contributed by atoms with E-state index in [4.69, 9.17) is 16.9 Å². The van der Waals surface area contributed by atoms with E-state index in [9.17, 15) is 10.2 Å². The molecule has 0 aliphatic heterocycles. The summed E-state index contributed by atoms with van der Waals surface area (Å²) in [6.07, 6.45) is 2.65. The molecule has 0 radical (unpaired) electrons. The number of hydrogen-bond acceptors (Lipinski definition) is 6. The fourth-order valence-electron chi connectivity index (χ4n) is 2.48. The summed E-state index contributed by atoms with van der Waals surface area (Å²) in [5.74, 6) is 0.419. The Labute approximate surface area is 119 Å². The number of nitrogens with zero attached hydrogens (tertiary/aromatic N) is 3. The molecule has 0 saturated carbocycles. The van der Waals surface area contributed by atoms with Gasteiger partial charge in [0.25, 0.3) is 0 Å². The SMILES string of the molecule is OCC1=CC(n2cnc3c(NCl)nccc32)C(O)C1O. The van der Waals surface area contributed by atoms with E-state index in [0.29, 0.717) is 16.9 Å². The van der Waals surface area contributed by atoms with Gasteiger partial charge in [-0.15, -0.1) is 0 Å². The van der Waals surface area contributed by atoms with Crippen molar-refractivity contribution in [1.29, 1.82) is 0 Å². The highest BCUT2D eigenvalue weighted by Gasteiger charge is 2.35. The Morgan fingerprint density at radius 1 is 1.35 bits per heavy atom. The number of fused-ring (bicyclic) bond motifs is 1. The van der Waals surface area contributed by atoms with Gasteiger partial charge in [-0.05, 0) is 11.6 Å². The molecule has 8 heteroatoms. The van der Waals surface area contributed by atoms with Gasteiger partial charge >= 0.3 is 0 Å². The number of hydrogen-bond donors (Lipinski definition) is 4. The molecule has 3 unspecified atom stereocenters. The van der Waals surface area contributed by atoms with Crippen molar-refractivity contribution in [3.05, 3.63) is 30.2 Å². The van der Waals surface area contributed by atoms with Crippen molar-refractivity contribution in [2.75, 3.05) is 11.4 Å². The largest absolute Gasteiger partial charge is 0.392 e. The summed E-state index contributed by atoms with van der Waals surface area (Å²) in [5.41, 5.74) is 1.68. The number of aliphatic hydroxyl groups excluding tert-OH is 3. The van der Waals surface area contributed by atoms with Crippen molar-refractivity contribution in [1.82, 2.24) is 14.5 Å². The molecule has 1 aliphatic carbocycles. The third kappa shape index (κ3) is 1.87. The average molecular weight is 297 g/mol. The van der Waals surface area contributed by atoms with Crippen LogP contribution in [0, 0.1) is 0 Å². The molecule has 2 aromatic heterocycles. The predicted octanol–water partition coefficient (Wildman–Crippen LogP) is 0.192. The molecule has 0 fully saturated rings. The Bertz CT molecular complexity index is 672. The smallest absolute Gasteiger partial charge is 0.168 e. The van der Waals surface area contributed by atoms with Gasteiger partial charge in [0.05, 0.1) is 24.5 Å². The van der Waals surface area contributed by atoms with E-state index in [1.807, 2.05) is 0 Å². The summed E-state index contributed by atoms with van der Waals surface area (Å²) >= 11 is 5.58.